The highest BCUT2D eigenvalue weighted by molar-refractivity contribution is 5.74. The van der Waals surface area contributed by atoms with Gasteiger partial charge in [-0.05, 0) is 49.6 Å². The van der Waals surface area contributed by atoms with E-state index in [1.807, 2.05) is 30.3 Å². The van der Waals surface area contributed by atoms with Crippen LogP contribution in [-0.4, -0.2) is 59.7 Å². The number of para-hydroxylation sites is 1. The summed E-state index contributed by atoms with van der Waals surface area (Å²) in [5, 5.41) is 18.6. The lowest BCUT2D eigenvalue weighted by molar-refractivity contribution is 0.240. The number of nitrogens with two attached hydrogens (primary N) is 1. The van der Waals surface area contributed by atoms with E-state index >= 15 is 0 Å². The number of phenolic OH excluding ortho intramolecular Hbond substituents is 1. The molecule has 0 amide bonds. The van der Waals surface area contributed by atoms with Gasteiger partial charge in [0, 0.05) is 50.2 Å². The smallest absolute Gasteiger partial charge is 0.169 e. The van der Waals surface area contributed by atoms with Crippen LogP contribution in [0.25, 0.3) is 11.3 Å². The van der Waals surface area contributed by atoms with Crippen molar-refractivity contribution in [3.8, 4) is 28.8 Å². The molecule has 0 radical (unpaired) electrons. The number of anilines is 3. The molecule has 1 aromatic carbocycles. The van der Waals surface area contributed by atoms with E-state index in [1.165, 1.54) is 0 Å². The van der Waals surface area contributed by atoms with Gasteiger partial charge in [0.05, 0.1) is 11.4 Å². The van der Waals surface area contributed by atoms with Gasteiger partial charge in [-0.1, -0.05) is 18.1 Å². The zero-order valence-electron chi connectivity index (χ0n) is 18.9. The van der Waals surface area contributed by atoms with Gasteiger partial charge in [0.1, 0.15) is 18.1 Å². The Balaban J connectivity index is 1.56. The van der Waals surface area contributed by atoms with Crippen LogP contribution in [0.3, 0.4) is 0 Å². The molecule has 1 saturated heterocycles. The predicted octanol–water partition coefficient (Wildman–Crippen LogP) is 2.93. The maximum absolute atomic E-state index is 10.2. The molecule has 8 nitrogen and oxygen atoms in total. The highest BCUT2D eigenvalue weighted by Crippen LogP contribution is 2.32. The van der Waals surface area contributed by atoms with Crippen molar-refractivity contribution in [1.29, 1.82) is 0 Å². The third kappa shape index (κ3) is 5.16. The van der Waals surface area contributed by atoms with Gasteiger partial charge in [0.15, 0.2) is 5.82 Å². The Labute approximate surface area is 194 Å². The maximum atomic E-state index is 10.2. The Morgan fingerprint density at radius 3 is 2.82 bits per heavy atom. The van der Waals surface area contributed by atoms with E-state index in [2.05, 4.69) is 43.7 Å². The first kappa shape index (κ1) is 22.4. The van der Waals surface area contributed by atoms with E-state index in [9.17, 15) is 5.11 Å². The first-order valence-corrected chi connectivity index (χ1v) is 10.9. The fraction of sp³-hybridized carbons (Fsp3) is 0.320. The summed E-state index contributed by atoms with van der Waals surface area (Å²) in [6.45, 7) is 5.02. The van der Waals surface area contributed by atoms with E-state index in [0.29, 0.717) is 29.7 Å². The molecule has 0 bridgehead atoms. The number of aromatic hydroxyl groups is 1. The molecule has 4 rings (SSSR count). The molecular weight excluding hydrogens is 416 g/mol. The molecule has 3 N–H and O–H groups in total. The molecule has 3 aromatic rings. The van der Waals surface area contributed by atoms with E-state index in [0.717, 1.165) is 43.1 Å². The number of rotatable bonds is 4. The van der Waals surface area contributed by atoms with Crippen LogP contribution in [0.15, 0.2) is 48.7 Å². The van der Waals surface area contributed by atoms with Crippen LogP contribution in [0.5, 0.6) is 5.75 Å². The summed E-state index contributed by atoms with van der Waals surface area (Å²) in [5.74, 6) is 6.56. The summed E-state index contributed by atoms with van der Waals surface area (Å²) < 4.78 is 5.00. The molecule has 3 heterocycles. The van der Waals surface area contributed by atoms with Crippen LogP contribution in [0.4, 0.5) is 17.2 Å². The molecule has 1 aliphatic heterocycles. The third-order valence-electron chi connectivity index (χ3n) is 5.79. The van der Waals surface area contributed by atoms with Gasteiger partial charge in [-0.3, -0.25) is 0 Å². The van der Waals surface area contributed by atoms with Crippen molar-refractivity contribution >= 4 is 17.2 Å². The number of nitrogens with zero attached hydrogens (tertiary/aromatic N) is 5. The minimum absolute atomic E-state index is 0.167. The van der Waals surface area contributed by atoms with Crippen LogP contribution >= 0.6 is 0 Å². The molecule has 0 spiro atoms. The highest BCUT2D eigenvalue weighted by Gasteiger charge is 2.24. The number of aromatic nitrogens is 3. The van der Waals surface area contributed by atoms with Crippen LogP contribution in [0.1, 0.15) is 19.0 Å². The van der Waals surface area contributed by atoms with Crippen LogP contribution in [-0.2, 0) is 4.74 Å². The predicted molar refractivity (Wildman–Crippen MR) is 130 cm³/mol. The van der Waals surface area contributed by atoms with Crippen molar-refractivity contribution in [2.45, 2.75) is 19.4 Å². The standard InChI is InChI=1S/C25H28N6O2/c1-18-10-12-30(13-14-31(18)20-9-11-27-19(16-20)6-5-15-33-2)23-17-22(28-29-25(23)26)21-7-3-4-8-24(21)32/h3-4,7-9,11,16-18,32H,10,12-15H2,1-2H3,(H2,26,29)/t18-/m1/s1. The number of methoxy groups -OCH3 is 1. The molecule has 8 heteroatoms. The molecule has 170 valence electrons. The lowest BCUT2D eigenvalue weighted by Gasteiger charge is -2.29. The number of nitrogen functional groups attached to an aromatic ring is 1. The number of benzene rings is 1. The topological polar surface area (TPSA) is 101 Å². The molecule has 0 unspecified atom stereocenters. The van der Waals surface area contributed by atoms with Crippen LogP contribution in [0, 0.1) is 11.8 Å². The van der Waals surface area contributed by atoms with E-state index in [4.69, 9.17) is 10.5 Å². The maximum Gasteiger partial charge on any atom is 0.169 e. The quantitative estimate of drug-likeness (QED) is 0.593. The second-order valence-corrected chi connectivity index (χ2v) is 7.97. The summed E-state index contributed by atoms with van der Waals surface area (Å²) in [7, 11) is 1.62. The number of hydrogen-bond donors (Lipinski definition) is 2. The molecule has 1 atom stereocenters. The number of pyridine rings is 1. The first-order valence-electron chi connectivity index (χ1n) is 10.9. The summed E-state index contributed by atoms with van der Waals surface area (Å²) in [6.07, 6.45) is 2.74. The minimum atomic E-state index is 0.167. The average Bonchev–Trinajstić information content (AvgIpc) is 3.02. The Hall–Kier alpha value is -3.83. The van der Waals surface area contributed by atoms with Gasteiger partial charge < -0.3 is 25.4 Å². The molecule has 1 fully saturated rings. The minimum Gasteiger partial charge on any atom is -0.507 e. The Morgan fingerprint density at radius 1 is 1.15 bits per heavy atom. The van der Waals surface area contributed by atoms with Gasteiger partial charge in [-0.2, -0.15) is 0 Å². The molecule has 1 aliphatic rings. The normalized spacial score (nSPS) is 16.1. The summed E-state index contributed by atoms with van der Waals surface area (Å²) in [4.78, 5) is 8.97. The van der Waals surface area contributed by atoms with Crippen LogP contribution in [0.2, 0.25) is 0 Å². The van der Waals surface area contributed by atoms with Gasteiger partial charge in [-0.25, -0.2) is 4.98 Å². The lowest BCUT2D eigenvalue weighted by atomic mass is 10.1. The zero-order chi connectivity index (χ0) is 23.2. The molecule has 33 heavy (non-hydrogen) atoms. The Morgan fingerprint density at radius 2 is 2.00 bits per heavy atom. The largest absolute Gasteiger partial charge is 0.507 e. The molecular formula is C25H28N6O2. The second-order valence-electron chi connectivity index (χ2n) is 7.97. The van der Waals surface area contributed by atoms with Crippen molar-refractivity contribution in [3.05, 3.63) is 54.4 Å². The van der Waals surface area contributed by atoms with Gasteiger partial charge in [0.25, 0.3) is 0 Å². The van der Waals surface area contributed by atoms with Crippen molar-refractivity contribution in [3.63, 3.8) is 0 Å². The van der Waals surface area contributed by atoms with Crippen LogP contribution < -0.4 is 15.5 Å². The van der Waals surface area contributed by atoms with Gasteiger partial charge in [-0.15, -0.1) is 10.2 Å². The zero-order valence-corrected chi connectivity index (χ0v) is 18.9. The fourth-order valence-corrected chi connectivity index (χ4v) is 4.02. The van der Waals surface area contributed by atoms with E-state index in [1.54, 1.807) is 25.4 Å². The van der Waals surface area contributed by atoms with E-state index in [-0.39, 0.29) is 5.75 Å². The third-order valence-corrected chi connectivity index (χ3v) is 5.79. The summed E-state index contributed by atoms with van der Waals surface area (Å²) >= 11 is 0. The number of hydrogen-bond acceptors (Lipinski definition) is 8. The van der Waals surface area contributed by atoms with Crippen molar-refractivity contribution in [1.82, 2.24) is 15.2 Å². The van der Waals surface area contributed by atoms with Gasteiger partial charge in [0.2, 0.25) is 0 Å². The lowest BCUT2D eigenvalue weighted by Crippen LogP contribution is -2.35. The van der Waals surface area contributed by atoms with Crippen molar-refractivity contribution in [2.75, 3.05) is 48.9 Å². The summed E-state index contributed by atoms with van der Waals surface area (Å²) in [6, 6.07) is 13.4. The second kappa shape index (κ2) is 10.2. The first-order chi connectivity index (χ1) is 16.1. The average molecular weight is 445 g/mol. The Bertz CT molecular complexity index is 1170. The summed E-state index contributed by atoms with van der Waals surface area (Å²) in [5.41, 5.74) is 10.1. The fourth-order valence-electron chi connectivity index (χ4n) is 4.02. The molecule has 0 aliphatic carbocycles. The van der Waals surface area contributed by atoms with Crippen molar-refractivity contribution < 1.29 is 9.84 Å². The Kier molecular flexibility index (Phi) is 6.91. The number of phenols is 1. The number of ether oxygens (including phenoxy) is 1. The molecule has 2 aromatic heterocycles. The van der Waals surface area contributed by atoms with Gasteiger partial charge >= 0.3 is 0 Å². The SMILES string of the molecule is COCC#Cc1cc(N2CCN(c3cc(-c4ccccc4O)nnc3N)CC[C@H]2C)ccn1. The highest BCUT2D eigenvalue weighted by atomic mass is 16.5. The van der Waals surface area contributed by atoms with E-state index < -0.39 is 0 Å². The monoisotopic (exact) mass is 444 g/mol. The molecule has 0 saturated carbocycles. The van der Waals surface area contributed by atoms with Crippen molar-refractivity contribution in [2.24, 2.45) is 0 Å².